The van der Waals surface area contributed by atoms with Gasteiger partial charge in [0.15, 0.2) is 5.65 Å². The van der Waals surface area contributed by atoms with E-state index in [0.717, 1.165) is 30.5 Å². The number of carbonyl (C=O) groups excluding carboxylic acids is 1. The summed E-state index contributed by atoms with van der Waals surface area (Å²) in [5.74, 6) is 0.170. The summed E-state index contributed by atoms with van der Waals surface area (Å²) in [6, 6.07) is 11.2. The van der Waals surface area contributed by atoms with Crippen LogP contribution >= 0.6 is 11.3 Å². The van der Waals surface area contributed by atoms with E-state index in [4.69, 9.17) is 0 Å². The normalized spacial score (nSPS) is 18.0. The third kappa shape index (κ3) is 3.46. The number of fused-ring (bicyclic) bond motifs is 2. The highest BCUT2D eigenvalue weighted by atomic mass is 32.1. The molecule has 0 bridgehead atoms. The minimum absolute atomic E-state index is 0.0233. The van der Waals surface area contributed by atoms with Gasteiger partial charge in [0.05, 0.1) is 11.7 Å². The predicted octanol–water partition coefficient (Wildman–Crippen LogP) is 5.80. The zero-order chi connectivity index (χ0) is 22.7. The molecule has 1 atom stereocenters. The second-order valence-electron chi connectivity index (χ2n) is 9.02. The zero-order valence-corrected chi connectivity index (χ0v) is 19.5. The van der Waals surface area contributed by atoms with Gasteiger partial charge < -0.3 is 4.90 Å². The Morgan fingerprint density at radius 2 is 2.06 bits per heavy atom. The van der Waals surface area contributed by atoms with Gasteiger partial charge in [-0.25, -0.2) is 13.9 Å². The van der Waals surface area contributed by atoms with Crippen LogP contribution in [0.5, 0.6) is 0 Å². The molecule has 3 aromatic heterocycles. The average Bonchev–Trinajstić information content (AvgIpc) is 3.40. The highest BCUT2D eigenvalue weighted by Gasteiger charge is 2.30. The predicted molar refractivity (Wildman–Crippen MR) is 127 cm³/mol. The molecule has 1 aliphatic carbocycles. The minimum atomic E-state index is -0.258. The molecule has 1 amide bonds. The Morgan fingerprint density at radius 1 is 1.21 bits per heavy atom. The summed E-state index contributed by atoms with van der Waals surface area (Å²) in [6.45, 7) is 4.79. The second-order valence-corrected chi connectivity index (χ2v) is 10.0. The number of aryl methyl sites for hydroxylation is 1. The van der Waals surface area contributed by atoms with Crippen LogP contribution in [0.3, 0.4) is 0 Å². The smallest absolute Gasteiger partial charge is 0.273 e. The maximum Gasteiger partial charge on any atom is 0.273 e. The number of hydrogen-bond acceptors (Lipinski definition) is 4. The molecule has 0 N–H and O–H groups in total. The van der Waals surface area contributed by atoms with Crippen molar-refractivity contribution < 1.29 is 9.18 Å². The first kappa shape index (κ1) is 20.5. The number of nitrogens with zero attached hydrogens (tertiary/aromatic N) is 4. The molecule has 1 fully saturated rings. The van der Waals surface area contributed by atoms with E-state index >= 15 is 0 Å². The Balaban J connectivity index is 1.37. The molecule has 5 nitrogen and oxygen atoms in total. The number of hydrogen-bond donors (Lipinski definition) is 0. The van der Waals surface area contributed by atoms with Crippen molar-refractivity contribution >= 4 is 22.9 Å². The van der Waals surface area contributed by atoms with E-state index in [9.17, 15) is 9.18 Å². The van der Waals surface area contributed by atoms with E-state index in [0.29, 0.717) is 41.5 Å². The van der Waals surface area contributed by atoms with Gasteiger partial charge in [-0.1, -0.05) is 13.0 Å². The fraction of sp³-hybridized carbons (Fsp3) is 0.346. The Bertz CT molecular complexity index is 1390. The van der Waals surface area contributed by atoms with Gasteiger partial charge >= 0.3 is 0 Å². The Kier molecular flexibility index (Phi) is 4.83. The van der Waals surface area contributed by atoms with E-state index in [1.165, 1.54) is 10.4 Å². The summed E-state index contributed by atoms with van der Waals surface area (Å²) in [6.07, 6.45) is 3.83. The topological polar surface area (TPSA) is 50.5 Å². The average molecular weight is 461 g/mol. The third-order valence-corrected chi connectivity index (χ3v) is 7.93. The van der Waals surface area contributed by atoms with Gasteiger partial charge in [-0.3, -0.25) is 4.79 Å². The number of rotatable bonds is 4. The van der Waals surface area contributed by atoms with Crippen molar-refractivity contribution in [3.8, 4) is 11.3 Å². The summed E-state index contributed by atoms with van der Waals surface area (Å²) in [7, 11) is 0. The third-order valence-electron chi connectivity index (χ3n) is 6.94. The number of halogens is 1. The fourth-order valence-electron chi connectivity index (χ4n) is 4.87. The maximum atomic E-state index is 14.9. The molecule has 6 rings (SSSR count). The van der Waals surface area contributed by atoms with Crippen molar-refractivity contribution in [3.63, 3.8) is 0 Å². The molecule has 0 radical (unpaired) electrons. The first-order valence-corrected chi connectivity index (χ1v) is 12.5. The lowest BCUT2D eigenvalue weighted by Gasteiger charge is -2.33. The fourth-order valence-corrected chi connectivity index (χ4v) is 5.84. The van der Waals surface area contributed by atoms with Crippen molar-refractivity contribution in [3.05, 3.63) is 75.0 Å². The zero-order valence-electron chi connectivity index (χ0n) is 18.7. The molecule has 1 aromatic carbocycles. The van der Waals surface area contributed by atoms with Crippen LogP contribution in [0, 0.1) is 5.82 Å². The molecule has 168 valence electrons. The lowest BCUT2D eigenvalue weighted by molar-refractivity contribution is 0.0673. The Morgan fingerprint density at radius 3 is 2.82 bits per heavy atom. The molecule has 0 spiro atoms. The summed E-state index contributed by atoms with van der Waals surface area (Å²) in [5.41, 5.74) is 5.16. The van der Waals surface area contributed by atoms with Crippen LogP contribution < -0.4 is 0 Å². The number of thiophene rings is 1. The first-order chi connectivity index (χ1) is 16.0. The van der Waals surface area contributed by atoms with Crippen LogP contribution in [0.1, 0.15) is 70.8 Å². The monoisotopic (exact) mass is 460 g/mol. The standard InChI is InChI=1S/C26H25FN4OS/c1-3-18-13-23(26(32)30-10-8-24-19(15(30)2)9-11-33-24)28-25-14-22(29-31(18)25)20-7-6-17(12-21(20)27)16-4-5-16/h6-7,9,11-16H,3-5,8,10H2,1-2H3. The van der Waals surface area contributed by atoms with Crippen LogP contribution in [0.25, 0.3) is 16.9 Å². The molecule has 1 unspecified atom stereocenters. The lowest BCUT2D eigenvalue weighted by atomic mass is 10.0. The van der Waals surface area contributed by atoms with Gasteiger partial charge in [0, 0.05) is 28.7 Å². The highest BCUT2D eigenvalue weighted by Crippen LogP contribution is 2.41. The number of aromatic nitrogens is 3. The molecular weight excluding hydrogens is 435 g/mol. The molecule has 4 aromatic rings. The van der Waals surface area contributed by atoms with Crippen LogP contribution in [-0.2, 0) is 12.8 Å². The quantitative estimate of drug-likeness (QED) is 0.387. The van der Waals surface area contributed by atoms with Crippen LogP contribution in [0.15, 0.2) is 41.8 Å². The van der Waals surface area contributed by atoms with Crippen LogP contribution in [0.4, 0.5) is 4.39 Å². The van der Waals surface area contributed by atoms with E-state index in [2.05, 4.69) is 28.5 Å². The van der Waals surface area contributed by atoms with Crippen LogP contribution in [-0.4, -0.2) is 31.9 Å². The molecule has 0 saturated heterocycles. The SMILES string of the molecule is CCc1cc(C(=O)N2CCc3sccc3C2C)nc2cc(-c3ccc(C4CC4)cc3F)nn12. The van der Waals surface area contributed by atoms with Crippen LogP contribution in [0.2, 0.25) is 0 Å². The largest absolute Gasteiger partial charge is 0.330 e. The van der Waals surface area contributed by atoms with Gasteiger partial charge in [-0.15, -0.1) is 11.3 Å². The Labute approximate surface area is 195 Å². The lowest BCUT2D eigenvalue weighted by Crippen LogP contribution is -2.38. The van der Waals surface area contributed by atoms with Crippen molar-refractivity contribution in [1.82, 2.24) is 19.5 Å². The molecule has 2 aliphatic rings. The molecule has 4 heterocycles. The number of benzene rings is 1. The van der Waals surface area contributed by atoms with Gasteiger partial charge in [-0.05, 0) is 79.3 Å². The maximum absolute atomic E-state index is 14.9. The van der Waals surface area contributed by atoms with E-state index in [1.807, 2.05) is 30.0 Å². The van der Waals surface area contributed by atoms with Crippen molar-refractivity contribution in [2.24, 2.45) is 0 Å². The minimum Gasteiger partial charge on any atom is -0.330 e. The molecule has 33 heavy (non-hydrogen) atoms. The summed E-state index contributed by atoms with van der Waals surface area (Å²) >= 11 is 1.76. The van der Waals surface area contributed by atoms with E-state index < -0.39 is 0 Å². The summed E-state index contributed by atoms with van der Waals surface area (Å²) in [5, 5.41) is 6.74. The molecule has 7 heteroatoms. The molecular formula is C26H25FN4OS. The van der Waals surface area contributed by atoms with Gasteiger partial charge in [0.2, 0.25) is 0 Å². The van der Waals surface area contributed by atoms with E-state index in [-0.39, 0.29) is 17.8 Å². The van der Waals surface area contributed by atoms with Gasteiger partial charge in [0.1, 0.15) is 11.5 Å². The summed E-state index contributed by atoms with van der Waals surface area (Å²) < 4.78 is 16.6. The number of carbonyl (C=O) groups is 1. The molecule has 1 aliphatic heterocycles. The van der Waals surface area contributed by atoms with E-state index in [1.54, 1.807) is 28.0 Å². The first-order valence-electron chi connectivity index (χ1n) is 11.6. The molecule has 1 saturated carbocycles. The number of amides is 1. The Hall–Kier alpha value is -3.06. The van der Waals surface area contributed by atoms with Gasteiger partial charge in [-0.2, -0.15) is 5.10 Å². The van der Waals surface area contributed by atoms with Crippen molar-refractivity contribution in [1.29, 1.82) is 0 Å². The second kappa shape index (κ2) is 7.76. The summed E-state index contributed by atoms with van der Waals surface area (Å²) in [4.78, 5) is 21.4. The van der Waals surface area contributed by atoms with Crippen molar-refractivity contribution in [2.45, 2.75) is 51.5 Å². The van der Waals surface area contributed by atoms with Crippen molar-refractivity contribution in [2.75, 3.05) is 6.54 Å². The van der Waals surface area contributed by atoms with Gasteiger partial charge in [0.25, 0.3) is 5.91 Å². The highest BCUT2D eigenvalue weighted by molar-refractivity contribution is 7.10.